The number of aromatic carboxylic acids is 1. The second-order valence-electron chi connectivity index (χ2n) is 4.40. The molecular weight excluding hydrogens is 286 g/mol. The number of carboxylic acid groups (broad SMARTS) is 1. The first-order chi connectivity index (χ1) is 10.1. The number of nitrogens with one attached hydrogen (secondary N) is 1. The lowest BCUT2D eigenvalue weighted by molar-refractivity contribution is 0.0691. The van der Waals surface area contributed by atoms with E-state index in [1.54, 1.807) is 12.1 Å². The fourth-order valence-corrected chi connectivity index (χ4v) is 2.75. The van der Waals surface area contributed by atoms with Gasteiger partial charge < -0.3 is 10.4 Å². The van der Waals surface area contributed by atoms with Crippen molar-refractivity contribution in [2.75, 3.05) is 0 Å². The number of benzene rings is 2. The highest BCUT2D eigenvalue weighted by Gasteiger charge is 2.17. The smallest absolute Gasteiger partial charge is 0.336 e. The quantitative estimate of drug-likeness (QED) is 0.657. The summed E-state index contributed by atoms with van der Waals surface area (Å²) in [5, 5.41) is 11.7. The van der Waals surface area contributed by atoms with Crippen LogP contribution >= 0.6 is 11.8 Å². The van der Waals surface area contributed by atoms with Crippen molar-refractivity contribution in [2.24, 2.45) is 0 Å². The molecule has 0 saturated carbocycles. The van der Waals surface area contributed by atoms with Gasteiger partial charge in [-0.1, -0.05) is 30.3 Å². The molecule has 0 aliphatic rings. The van der Waals surface area contributed by atoms with Crippen LogP contribution in [0.1, 0.15) is 27.6 Å². The zero-order valence-electron chi connectivity index (χ0n) is 11.4. The van der Waals surface area contributed by atoms with E-state index in [9.17, 15) is 9.59 Å². The first-order valence-electron chi connectivity index (χ1n) is 6.43. The van der Waals surface area contributed by atoms with E-state index in [2.05, 4.69) is 5.32 Å². The van der Waals surface area contributed by atoms with Crippen LogP contribution in [0.2, 0.25) is 0 Å². The van der Waals surface area contributed by atoms with Gasteiger partial charge in [0.05, 0.1) is 16.5 Å². The highest BCUT2D eigenvalue weighted by molar-refractivity contribution is 7.99. The highest BCUT2D eigenvalue weighted by Crippen LogP contribution is 2.21. The Kier molecular flexibility index (Phi) is 5.00. The fourth-order valence-electron chi connectivity index (χ4n) is 1.86. The van der Waals surface area contributed by atoms with E-state index in [4.69, 9.17) is 5.11 Å². The van der Waals surface area contributed by atoms with Crippen molar-refractivity contribution in [3.63, 3.8) is 0 Å². The molecule has 2 N–H and O–H groups in total. The highest BCUT2D eigenvalue weighted by atomic mass is 32.2. The molecule has 2 aromatic rings. The molecule has 0 spiro atoms. The number of thioether (sulfide) groups is 1. The summed E-state index contributed by atoms with van der Waals surface area (Å²) in [6.07, 6.45) is 0. The van der Waals surface area contributed by atoms with Gasteiger partial charge in [-0.2, -0.15) is 0 Å². The third-order valence-electron chi connectivity index (χ3n) is 2.79. The zero-order chi connectivity index (χ0) is 15.2. The molecule has 0 aliphatic carbocycles. The molecule has 0 aromatic heterocycles. The third-order valence-corrected chi connectivity index (χ3v) is 3.81. The average molecular weight is 301 g/mol. The van der Waals surface area contributed by atoms with Crippen LogP contribution in [0.15, 0.2) is 59.5 Å². The monoisotopic (exact) mass is 301 g/mol. The summed E-state index contributed by atoms with van der Waals surface area (Å²) in [4.78, 5) is 24.3. The molecule has 0 radical (unpaired) electrons. The minimum absolute atomic E-state index is 0.00640. The lowest BCUT2D eigenvalue weighted by Crippen LogP contribution is -2.31. The van der Waals surface area contributed by atoms with E-state index in [0.717, 1.165) is 4.90 Å². The molecule has 0 bridgehead atoms. The summed E-state index contributed by atoms with van der Waals surface area (Å²) in [6, 6.07) is 15.9. The Hall–Kier alpha value is -2.27. The summed E-state index contributed by atoms with van der Waals surface area (Å²) in [5.74, 6) is -1.49. The van der Waals surface area contributed by atoms with Crippen LogP contribution in [-0.4, -0.2) is 22.4 Å². The minimum Gasteiger partial charge on any atom is -0.478 e. The van der Waals surface area contributed by atoms with Gasteiger partial charge in [0.15, 0.2) is 0 Å². The van der Waals surface area contributed by atoms with Crippen molar-refractivity contribution in [1.29, 1.82) is 0 Å². The van der Waals surface area contributed by atoms with Gasteiger partial charge >= 0.3 is 5.97 Å². The van der Waals surface area contributed by atoms with E-state index >= 15 is 0 Å². The van der Waals surface area contributed by atoms with Crippen LogP contribution in [-0.2, 0) is 0 Å². The summed E-state index contributed by atoms with van der Waals surface area (Å²) in [5.41, 5.74) is 0.178. The first kappa shape index (κ1) is 15.1. The predicted octanol–water partition coefficient (Wildman–Crippen LogP) is 3.25. The van der Waals surface area contributed by atoms with Gasteiger partial charge in [0.1, 0.15) is 0 Å². The number of amides is 1. The van der Waals surface area contributed by atoms with Crippen LogP contribution in [0, 0.1) is 0 Å². The summed E-state index contributed by atoms with van der Waals surface area (Å²) < 4.78 is 0. The lowest BCUT2D eigenvalue weighted by Gasteiger charge is -2.14. The van der Waals surface area contributed by atoms with Crippen LogP contribution in [0.3, 0.4) is 0 Å². The molecule has 108 valence electrons. The van der Waals surface area contributed by atoms with E-state index in [1.165, 1.54) is 23.9 Å². The average Bonchev–Trinajstić information content (AvgIpc) is 2.48. The Labute approximate surface area is 127 Å². The van der Waals surface area contributed by atoms with E-state index in [0.29, 0.717) is 0 Å². The largest absolute Gasteiger partial charge is 0.478 e. The van der Waals surface area contributed by atoms with Crippen LogP contribution in [0.5, 0.6) is 0 Å². The molecule has 2 aromatic carbocycles. The van der Waals surface area contributed by atoms with Gasteiger partial charge in [-0.25, -0.2) is 4.79 Å². The Bertz CT molecular complexity index is 643. The standard InChI is InChI=1S/C16H15NO3S/c1-11(21-12-7-3-2-4-8-12)17-15(18)13-9-5-6-10-14(13)16(19)20/h2-11H,1H3,(H,17,18)(H,19,20). The fraction of sp³-hybridized carbons (Fsp3) is 0.125. The van der Waals surface area contributed by atoms with Crippen molar-refractivity contribution in [2.45, 2.75) is 17.2 Å². The van der Waals surface area contributed by atoms with Gasteiger partial charge in [0, 0.05) is 4.90 Å². The molecule has 0 aliphatic heterocycles. The SMILES string of the molecule is CC(NC(=O)c1ccccc1C(=O)O)Sc1ccccc1. The normalized spacial score (nSPS) is 11.7. The van der Waals surface area contributed by atoms with Gasteiger partial charge in [-0.15, -0.1) is 11.8 Å². The number of rotatable bonds is 5. The molecule has 1 atom stereocenters. The molecule has 0 fully saturated rings. The minimum atomic E-state index is -1.11. The van der Waals surface area contributed by atoms with Crippen LogP contribution < -0.4 is 5.32 Å². The third kappa shape index (κ3) is 4.10. The van der Waals surface area contributed by atoms with E-state index in [1.807, 2.05) is 37.3 Å². The molecule has 0 heterocycles. The molecule has 21 heavy (non-hydrogen) atoms. The predicted molar refractivity (Wildman–Crippen MR) is 82.6 cm³/mol. The maximum Gasteiger partial charge on any atom is 0.336 e. The Morgan fingerprint density at radius 1 is 1.00 bits per heavy atom. The molecule has 2 rings (SSSR count). The second-order valence-corrected chi connectivity index (χ2v) is 5.81. The molecule has 5 heteroatoms. The molecule has 4 nitrogen and oxygen atoms in total. The number of carbonyl (C=O) groups excluding carboxylic acids is 1. The van der Waals surface area contributed by atoms with Gasteiger partial charge in [-0.05, 0) is 31.2 Å². The summed E-state index contributed by atoms with van der Waals surface area (Å²) >= 11 is 1.50. The summed E-state index contributed by atoms with van der Waals surface area (Å²) in [7, 11) is 0. The van der Waals surface area contributed by atoms with E-state index in [-0.39, 0.29) is 22.4 Å². The van der Waals surface area contributed by atoms with Gasteiger partial charge in [0.25, 0.3) is 5.91 Å². The van der Waals surface area contributed by atoms with Crippen LogP contribution in [0.4, 0.5) is 0 Å². The number of carboxylic acids is 1. The molecular formula is C16H15NO3S. The Morgan fingerprint density at radius 3 is 2.19 bits per heavy atom. The Morgan fingerprint density at radius 2 is 1.57 bits per heavy atom. The van der Waals surface area contributed by atoms with Crippen molar-refractivity contribution in [3.8, 4) is 0 Å². The first-order valence-corrected chi connectivity index (χ1v) is 7.31. The van der Waals surface area contributed by atoms with Crippen molar-refractivity contribution >= 4 is 23.6 Å². The van der Waals surface area contributed by atoms with Crippen molar-refractivity contribution in [1.82, 2.24) is 5.32 Å². The topological polar surface area (TPSA) is 66.4 Å². The lowest BCUT2D eigenvalue weighted by atomic mass is 10.1. The molecule has 1 unspecified atom stereocenters. The van der Waals surface area contributed by atoms with Gasteiger partial charge in [-0.3, -0.25) is 4.79 Å². The van der Waals surface area contributed by atoms with Crippen LogP contribution in [0.25, 0.3) is 0 Å². The number of hydrogen-bond acceptors (Lipinski definition) is 3. The number of carbonyl (C=O) groups is 2. The number of hydrogen-bond donors (Lipinski definition) is 2. The summed E-state index contributed by atoms with van der Waals surface area (Å²) in [6.45, 7) is 1.86. The molecule has 1 amide bonds. The molecule has 0 saturated heterocycles. The second kappa shape index (κ2) is 6.95. The van der Waals surface area contributed by atoms with Crippen molar-refractivity contribution in [3.05, 3.63) is 65.7 Å². The maximum atomic E-state index is 12.2. The maximum absolute atomic E-state index is 12.2. The van der Waals surface area contributed by atoms with Gasteiger partial charge in [0.2, 0.25) is 0 Å². The Balaban J connectivity index is 2.06. The van der Waals surface area contributed by atoms with E-state index < -0.39 is 5.97 Å². The zero-order valence-corrected chi connectivity index (χ0v) is 12.3. The van der Waals surface area contributed by atoms with Crippen molar-refractivity contribution < 1.29 is 14.7 Å².